The molecular formula is C19H22ClN3O. The number of aryl methyl sites for hydroxylation is 1. The van der Waals surface area contributed by atoms with E-state index in [1.54, 1.807) is 12.3 Å². The van der Waals surface area contributed by atoms with Gasteiger partial charge in [-0.15, -0.1) is 0 Å². The number of rotatable bonds is 3. The Morgan fingerprint density at radius 3 is 2.50 bits per heavy atom. The van der Waals surface area contributed by atoms with Gasteiger partial charge in [0.05, 0.1) is 11.9 Å². The first-order valence-corrected chi connectivity index (χ1v) is 8.80. The lowest BCUT2D eigenvalue weighted by atomic mass is 10.2. The van der Waals surface area contributed by atoms with Gasteiger partial charge in [0.25, 0.3) is 5.91 Å². The van der Waals surface area contributed by atoms with Crippen LogP contribution in [0.15, 0.2) is 36.5 Å². The van der Waals surface area contributed by atoms with Gasteiger partial charge in [-0.3, -0.25) is 4.79 Å². The van der Waals surface area contributed by atoms with Crippen molar-refractivity contribution in [2.45, 2.75) is 32.6 Å². The molecule has 0 unspecified atom stereocenters. The second-order valence-electron chi connectivity index (χ2n) is 6.22. The van der Waals surface area contributed by atoms with E-state index in [2.05, 4.69) is 10.3 Å². The van der Waals surface area contributed by atoms with Crippen LogP contribution in [0, 0.1) is 6.92 Å². The molecule has 0 radical (unpaired) electrons. The third-order valence-electron chi connectivity index (χ3n) is 4.34. The monoisotopic (exact) mass is 343 g/mol. The predicted octanol–water partition coefficient (Wildman–Crippen LogP) is 4.80. The van der Waals surface area contributed by atoms with E-state index in [4.69, 9.17) is 11.6 Å². The zero-order valence-corrected chi connectivity index (χ0v) is 14.6. The summed E-state index contributed by atoms with van der Waals surface area (Å²) >= 11 is 5.98. The van der Waals surface area contributed by atoms with E-state index in [0.717, 1.165) is 47.9 Å². The van der Waals surface area contributed by atoms with Crippen LogP contribution in [0.3, 0.4) is 0 Å². The molecule has 2 heterocycles. The highest BCUT2D eigenvalue weighted by Crippen LogP contribution is 2.23. The highest BCUT2D eigenvalue weighted by Gasteiger charge is 2.18. The standard InChI is InChI=1S/C19H22ClN3O/c1-14-12-15(20)6-8-17(14)22-16-7-9-18(21-13-16)19(24)23-10-4-2-3-5-11-23/h6-9,12-13,22H,2-5,10-11H2,1H3. The van der Waals surface area contributed by atoms with E-state index in [9.17, 15) is 4.79 Å². The topological polar surface area (TPSA) is 45.2 Å². The first-order chi connectivity index (χ1) is 11.6. The molecule has 2 aromatic rings. The first kappa shape index (κ1) is 16.8. The maximum absolute atomic E-state index is 12.5. The lowest BCUT2D eigenvalue weighted by molar-refractivity contribution is 0.0756. The Kier molecular flexibility index (Phi) is 5.36. The number of nitrogens with one attached hydrogen (secondary N) is 1. The van der Waals surface area contributed by atoms with E-state index in [1.807, 2.05) is 36.1 Å². The molecule has 0 spiro atoms. The zero-order valence-electron chi connectivity index (χ0n) is 13.9. The molecular weight excluding hydrogens is 322 g/mol. The second-order valence-corrected chi connectivity index (χ2v) is 6.66. The summed E-state index contributed by atoms with van der Waals surface area (Å²) in [5.41, 5.74) is 3.41. The smallest absolute Gasteiger partial charge is 0.272 e. The Balaban J connectivity index is 1.69. The molecule has 126 valence electrons. The van der Waals surface area contributed by atoms with E-state index in [-0.39, 0.29) is 5.91 Å². The summed E-state index contributed by atoms with van der Waals surface area (Å²) in [6.45, 7) is 3.67. The molecule has 3 rings (SSSR count). The molecule has 24 heavy (non-hydrogen) atoms. The fourth-order valence-corrected chi connectivity index (χ4v) is 3.18. The fourth-order valence-electron chi connectivity index (χ4n) is 2.95. The third-order valence-corrected chi connectivity index (χ3v) is 4.58. The van der Waals surface area contributed by atoms with Gasteiger partial charge in [-0.2, -0.15) is 0 Å². The van der Waals surface area contributed by atoms with Crippen molar-refractivity contribution in [3.63, 3.8) is 0 Å². The van der Waals surface area contributed by atoms with Gasteiger partial charge >= 0.3 is 0 Å². The lowest BCUT2D eigenvalue weighted by Crippen LogP contribution is -2.32. The van der Waals surface area contributed by atoms with Crippen molar-refractivity contribution < 1.29 is 4.79 Å². The van der Waals surface area contributed by atoms with Crippen LogP contribution >= 0.6 is 11.6 Å². The van der Waals surface area contributed by atoms with Crippen molar-refractivity contribution in [1.29, 1.82) is 0 Å². The number of carbonyl (C=O) groups is 1. The molecule has 0 atom stereocenters. The van der Waals surface area contributed by atoms with Crippen molar-refractivity contribution in [2.24, 2.45) is 0 Å². The Labute approximate surface area is 147 Å². The van der Waals surface area contributed by atoms with Crippen LogP contribution in [0.1, 0.15) is 41.7 Å². The predicted molar refractivity (Wildman–Crippen MR) is 98.1 cm³/mol. The number of amides is 1. The molecule has 1 amide bonds. The Morgan fingerprint density at radius 1 is 1.12 bits per heavy atom. The Morgan fingerprint density at radius 2 is 1.88 bits per heavy atom. The van der Waals surface area contributed by atoms with Gasteiger partial charge in [0.2, 0.25) is 0 Å². The van der Waals surface area contributed by atoms with Crippen molar-refractivity contribution in [3.8, 4) is 0 Å². The quantitative estimate of drug-likeness (QED) is 0.870. The van der Waals surface area contributed by atoms with Gasteiger partial charge in [-0.05, 0) is 55.7 Å². The van der Waals surface area contributed by atoms with Crippen molar-refractivity contribution in [1.82, 2.24) is 9.88 Å². The molecule has 1 saturated heterocycles. The minimum absolute atomic E-state index is 0.0334. The molecule has 1 aliphatic rings. The summed E-state index contributed by atoms with van der Waals surface area (Å²) in [7, 11) is 0. The third kappa shape index (κ3) is 4.06. The average Bonchev–Trinajstić information content (AvgIpc) is 2.87. The van der Waals surface area contributed by atoms with Gasteiger partial charge in [0.1, 0.15) is 5.69 Å². The maximum atomic E-state index is 12.5. The molecule has 1 N–H and O–H groups in total. The largest absolute Gasteiger partial charge is 0.354 e. The van der Waals surface area contributed by atoms with Crippen LogP contribution in [-0.2, 0) is 0 Å². The molecule has 4 nitrogen and oxygen atoms in total. The van der Waals surface area contributed by atoms with Gasteiger partial charge in [-0.25, -0.2) is 4.98 Å². The van der Waals surface area contributed by atoms with Crippen molar-refractivity contribution in [3.05, 3.63) is 52.8 Å². The van der Waals surface area contributed by atoms with E-state index in [1.165, 1.54) is 12.8 Å². The number of hydrogen-bond acceptors (Lipinski definition) is 3. The zero-order chi connectivity index (χ0) is 16.9. The SMILES string of the molecule is Cc1cc(Cl)ccc1Nc1ccc(C(=O)N2CCCCCC2)nc1. The van der Waals surface area contributed by atoms with E-state index < -0.39 is 0 Å². The fraction of sp³-hybridized carbons (Fsp3) is 0.368. The summed E-state index contributed by atoms with van der Waals surface area (Å²) in [5, 5.41) is 4.03. The summed E-state index contributed by atoms with van der Waals surface area (Å²) in [5.74, 6) is 0.0334. The van der Waals surface area contributed by atoms with Crippen LogP contribution in [0.4, 0.5) is 11.4 Å². The number of pyridine rings is 1. The summed E-state index contributed by atoms with van der Waals surface area (Å²) < 4.78 is 0. The van der Waals surface area contributed by atoms with Gasteiger partial charge in [-0.1, -0.05) is 24.4 Å². The normalized spacial score (nSPS) is 15.0. The molecule has 0 bridgehead atoms. The molecule has 1 aromatic heterocycles. The number of carbonyl (C=O) groups excluding carboxylic acids is 1. The van der Waals surface area contributed by atoms with E-state index >= 15 is 0 Å². The number of likely N-dealkylation sites (tertiary alicyclic amines) is 1. The van der Waals surface area contributed by atoms with Crippen LogP contribution in [0.5, 0.6) is 0 Å². The van der Waals surface area contributed by atoms with E-state index in [0.29, 0.717) is 5.69 Å². The number of aromatic nitrogens is 1. The van der Waals surface area contributed by atoms with Crippen molar-refractivity contribution >= 4 is 28.9 Å². The number of hydrogen-bond donors (Lipinski definition) is 1. The average molecular weight is 344 g/mol. The molecule has 1 aromatic carbocycles. The second kappa shape index (κ2) is 7.67. The Bertz CT molecular complexity index is 707. The summed E-state index contributed by atoms with van der Waals surface area (Å²) in [6.07, 6.45) is 6.29. The lowest BCUT2D eigenvalue weighted by Gasteiger charge is -2.19. The summed E-state index contributed by atoms with van der Waals surface area (Å²) in [4.78, 5) is 18.8. The molecule has 1 fully saturated rings. The van der Waals surface area contributed by atoms with Crippen LogP contribution in [0.2, 0.25) is 5.02 Å². The molecule has 0 saturated carbocycles. The van der Waals surface area contributed by atoms with Gasteiger partial charge < -0.3 is 10.2 Å². The molecule has 1 aliphatic heterocycles. The number of halogens is 1. The number of anilines is 2. The maximum Gasteiger partial charge on any atom is 0.272 e. The molecule has 5 heteroatoms. The molecule has 0 aliphatic carbocycles. The van der Waals surface area contributed by atoms with Crippen LogP contribution in [0.25, 0.3) is 0 Å². The summed E-state index contributed by atoms with van der Waals surface area (Å²) in [6, 6.07) is 9.39. The number of benzene rings is 1. The van der Waals surface area contributed by atoms with Gasteiger partial charge in [0, 0.05) is 23.8 Å². The highest BCUT2D eigenvalue weighted by molar-refractivity contribution is 6.30. The Hall–Kier alpha value is -2.07. The minimum atomic E-state index is 0.0334. The van der Waals surface area contributed by atoms with Crippen molar-refractivity contribution in [2.75, 3.05) is 18.4 Å². The van der Waals surface area contributed by atoms with Gasteiger partial charge in [0.15, 0.2) is 0 Å². The number of nitrogens with zero attached hydrogens (tertiary/aromatic N) is 2. The highest BCUT2D eigenvalue weighted by atomic mass is 35.5. The van der Waals surface area contributed by atoms with Crippen LogP contribution in [-0.4, -0.2) is 28.9 Å². The minimum Gasteiger partial charge on any atom is -0.354 e. The van der Waals surface area contributed by atoms with Crippen LogP contribution < -0.4 is 5.32 Å². The first-order valence-electron chi connectivity index (χ1n) is 8.42.